The van der Waals surface area contributed by atoms with E-state index in [0.717, 1.165) is 10.6 Å². The van der Waals surface area contributed by atoms with Gasteiger partial charge in [0.15, 0.2) is 0 Å². The lowest BCUT2D eigenvalue weighted by Gasteiger charge is -2.35. The Balaban J connectivity index is 1.72. The first kappa shape index (κ1) is 21.3. The lowest BCUT2D eigenvalue weighted by atomic mass is 9.87. The molecule has 2 aliphatic rings. The van der Waals surface area contributed by atoms with Gasteiger partial charge in [0.2, 0.25) is 11.8 Å². The fourth-order valence-corrected chi connectivity index (χ4v) is 3.45. The van der Waals surface area contributed by atoms with E-state index in [2.05, 4.69) is 30.8 Å². The summed E-state index contributed by atoms with van der Waals surface area (Å²) in [5.41, 5.74) is 1.93. The molecular formula is C21H30N4O4. The molecule has 29 heavy (non-hydrogen) atoms. The molecular weight excluding hydrogens is 372 g/mol. The van der Waals surface area contributed by atoms with Crippen LogP contribution in [-0.4, -0.2) is 83.2 Å². The average molecular weight is 402 g/mol. The van der Waals surface area contributed by atoms with Gasteiger partial charge in [-0.1, -0.05) is 32.9 Å². The lowest BCUT2D eigenvalue weighted by molar-refractivity contribution is -0.155. The molecule has 0 aliphatic carbocycles. The molecule has 1 unspecified atom stereocenters. The summed E-state index contributed by atoms with van der Waals surface area (Å²) in [6.45, 7) is 10.9. The van der Waals surface area contributed by atoms with Crippen molar-refractivity contribution >= 4 is 17.7 Å². The maximum atomic E-state index is 13.0. The number of aliphatic hydroxyl groups excluding tert-OH is 1. The summed E-state index contributed by atoms with van der Waals surface area (Å²) in [6.07, 6.45) is -1.07. The molecule has 8 nitrogen and oxygen atoms in total. The van der Waals surface area contributed by atoms with E-state index in [1.807, 2.05) is 24.3 Å². The van der Waals surface area contributed by atoms with Gasteiger partial charge in [0.1, 0.15) is 0 Å². The molecule has 0 aromatic heterocycles. The molecule has 3 rings (SSSR count). The Bertz CT molecular complexity index is 777. The topological polar surface area (TPSA) is 85.7 Å². The fourth-order valence-electron chi connectivity index (χ4n) is 3.45. The molecule has 158 valence electrons. The van der Waals surface area contributed by atoms with Gasteiger partial charge in [-0.25, -0.2) is 0 Å². The van der Waals surface area contributed by atoms with Gasteiger partial charge in [-0.3, -0.25) is 14.5 Å². The van der Waals surface area contributed by atoms with Gasteiger partial charge >= 0.3 is 0 Å². The molecule has 0 spiro atoms. The first-order chi connectivity index (χ1) is 13.7. The maximum Gasteiger partial charge on any atom is 0.287 e. The highest BCUT2D eigenvalue weighted by atomic mass is 16.5. The SMILES string of the molecule is CC(=O)N1N=C(c2ccc(C(C)(C)C)cc2)OC1C(=O)N1CCN(CCO)CC1. The summed E-state index contributed by atoms with van der Waals surface area (Å²) >= 11 is 0. The van der Waals surface area contributed by atoms with Crippen molar-refractivity contribution in [3.05, 3.63) is 35.4 Å². The van der Waals surface area contributed by atoms with Crippen LogP contribution in [0.5, 0.6) is 0 Å². The Morgan fingerprint density at radius 2 is 1.76 bits per heavy atom. The molecule has 0 bridgehead atoms. The number of amides is 2. The van der Waals surface area contributed by atoms with Gasteiger partial charge in [0, 0.05) is 45.2 Å². The Labute approximate surface area is 171 Å². The Morgan fingerprint density at radius 3 is 2.28 bits per heavy atom. The lowest BCUT2D eigenvalue weighted by Crippen LogP contribution is -2.54. The minimum Gasteiger partial charge on any atom is -0.440 e. The number of β-amino-alcohol motifs (C(OH)–C–C–N with tert-alkyl or cyclic N) is 1. The van der Waals surface area contributed by atoms with Crippen LogP contribution in [0, 0.1) is 0 Å². The molecule has 2 aliphatic heterocycles. The number of nitrogens with zero attached hydrogens (tertiary/aromatic N) is 4. The van der Waals surface area contributed by atoms with Crippen molar-refractivity contribution in [2.45, 2.75) is 39.3 Å². The van der Waals surface area contributed by atoms with E-state index in [9.17, 15) is 9.59 Å². The predicted molar refractivity (Wildman–Crippen MR) is 109 cm³/mol. The van der Waals surface area contributed by atoms with E-state index in [0.29, 0.717) is 32.7 Å². The smallest absolute Gasteiger partial charge is 0.287 e. The van der Waals surface area contributed by atoms with Crippen LogP contribution in [0.4, 0.5) is 0 Å². The second-order valence-corrected chi connectivity index (χ2v) is 8.46. The number of hydrazone groups is 1. The Morgan fingerprint density at radius 1 is 1.14 bits per heavy atom. The molecule has 2 heterocycles. The third-order valence-electron chi connectivity index (χ3n) is 5.28. The largest absolute Gasteiger partial charge is 0.440 e. The van der Waals surface area contributed by atoms with Crippen molar-refractivity contribution in [2.24, 2.45) is 5.10 Å². The minimum atomic E-state index is -1.07. The van der Waals surface area contributed by atoms with Crippen molar-refractivity contribution in [3.63, 3.8) is 0 Å². The number of carbonyl (C=O) groups excluding carboxylic acids is 2. The van der Waals surface area contributed by atoms with Crippen molar-refractivity contribution in [2.75, 3.05) is 39.3 Å². The number of rotatable bonds is 4. The Hall–Kier alpha value is -2.45. The van der Waals surface area contributed by atoms with Gasteiger partial charge in [-0.05, 0) is 23.1 Å². The van der Waals surface area contributed by atoms with Gasteiger partial charge in [0.05, 0.1) is 6.61 Å². The second kappa shape index (κ2) is 8.51. The highest BCUT2D eigenvalue weighted by Gasteiger charge is 2.40. The van der Waals surface area contributed by atoms with E-state index >= 15 is 0 Å². The summed E-state index contributed by atoms with van der Waals surface area (Å²) in [6, 6.07) is 7.82. The van der Waals surface area contributed by atoms with Crippen molar-refractivity contribution in [1.29, 1.82) is 0 Å². The first-order valence-corrected chi connectivity index (χ1v) is 9.98. The third-order valence-corrected chi connectivity index (χ3v) is 5.28. The van der Waals surface area contributed by atoms with Crippen LogP contribution in [0.25, 0.3) is 0 Å². The van der Waals surface area contributed by atoms with Crippen LogP contribution in [0.15, 0.2) is 29.4 Å². The quantitative estimate of drug-likeness (QED) is 0.812. The van der Waals surface area contributed by atoms with Crippen LogP contribution in [0.1, 0.15) is 38.8 Å². The summed E-state index contributed by atoms with van der Waals surface area (Å²) in [5, 5.41) is 14.5. The molecule has 1 aromatic carbocycles. The minimum absolute atomic E-state index is 0.0268. The van der Waals surface area contributed by atoms with E-state index in [4.69, 9.17) is 9.84 Å². The third kappa shape index (κ3) is 4.76. The zero-order chi connectivity index (χ0) is 21.2. The number of carbonyl (C=O) groups is 2. The molecule has 2 amide bonds. The van der Waals surface area contributed by atoms with E-state index in [-0.39, 0.29) is 29.7 Å². The molecule has 0 radical (unpaired) electrons. The monoisotopic (exact) mass is 402 g/mol. The van der Waals surface area contributed by atoms with Gasteiger partial charge in [0.25, 0.3) is 12.1 Å². The van der Waals surface area contributed by atoms with E-state index in [1.54, 1.807) is 4.90 Å². The second-order valence-electron chi connectivity index (χ2n) is 8.46. The van der Waals surface area contributed by atoms with Crippen LogP contribution in [0.2, 0.25) is 0 Å². The van der Waals surface area contributed by atoms with Crippen LogP contribution >= 0.6 is 0 Å². The number of ether oxygens (including phenoxy) is 1. The average Bonchev–Trinajstić information content (AvgIpc) is 3.13. The Kier molecular flexibility index (Phi) is 6.24. The molecule has 0 saturated carbocycles. The molecule has 1 N–H and O–H groups in total. The summed E-state index contributed by atoms with van der Waals surface area (Å²) in [7, 11) is 0. The molecule has 1 fully saturated rings. The highest BCUT2D eigenvalue weighted by molar-refractivity contribution is 5.99. The summed E-state index contributed by atoms with van der Waals surface area (Å²) < 4.78 is 5.85. The molecule has 1 atom stereocenters. The predicted octanol–water partition coefficient (Wildman–Crippen LogP) is 0.987. The van der Waals surface area contributed by atoms with E-state index < -0.39 is 6.23 Å². The summed E-state index contributed by atoms with van der Waals surface area (Å²) in [5.74, 6) is -0.338. The highest BCUT2D eigenvalue weighted by Crippen LogP contribution is 2.25. The normalized spacial score (nSPS) is 20.4. The zero-order valence-electron chi connectivity index (χ0n) is 17.6. The zero-order valence-corrected chi connectivity index (χ0v) is 17.6. The standard InChI is InChI=1S/C21H30N4O4/c1-15(27)25-20(19(28)24-11-9-23(10-12-24)13-14-26)29-18(22-25)16-5-7-17(8-6-16)21(2,3)4/h5-8,20,26H,9-14H2,1-4H3. The molecule has 1 aromatic rings. The number of hydrogen-bond donors (Lipinski definition) is 1. The van der Waals surface area contributed by atoms with Crippen molar-refractivity contribution in [1.82, 2.24) is 14.8 Å². The number of aliphatic hydroxyl groups is 1. The molecule has 8 heteroatoms. The number of benzene rings is 1. The van der Waals surface area contributed by atoms with Gasteiger partial charge in [-0.2, -0.15) is 5.01 Å². The molecule has 1 saturated heterocycles. The number of hydrogen-bond acceptors (Lipinski definition) is 6. The van der Waals surface area contributed by atoms with Crippen molar-refractivity contribution in [3.8, 4) is 0 Å². The summed E-state index contributed by atoms with van der Waals surface area (Å²) in [4.78, 5) is 28.9. The fraction of sp³-hybridized carbons (Fsp3) is 0.571. The van der Waals surface area contributed by atoms with Gasteiger partial charge < -0.3 is 14.7 Å². The van der Waals surface area contributed by atoms with Crippen LogP contribution in [0.3, 0.4) is 0 Å². The van der Waals surface area contributed by atoms with Crippen molar-refractivity contribution < 1.29 is 19.4 Å². The van der Waals surface area contributed by atoms with E-state index in [1.165, 1.54) is 12.5 Å². The number of piperazine rings is 1. The first-order valence-electron chi connectivity index (χ1n) is 9.98. The maximum absolute atomic E-state index is 13.0. The van der Waals surface area contributed by atoms with Crippen LogP contribution < -0.4 is 0 Å². The van der Waals surface area contributed by atoms with Gasteiger partial charge in [-0.15, -0.1) is 5.10 Å². The van der Waals surface area contributed by atoms with Crippen LogP contribution in [-0.2, 0) is 19.7 Å².